The first-order valence-corrected chi connectivity index (χ1v) is 5.51. The van der Waals surface area contributed by atoms with Gasteiger partial charge in [-0.15, -0.1) is 0 Å². The Hall–Kier alpha value is -1.54. The predicted octanol–water partition coefficient (Wildman–Crippen LogP) is 1.65. The maximum atomic E-state index is 11.6. The van der Waals surface area contributed by atoms with Crippen molar-refractivity contribution in [3.05, 3.63) is 11.3 Å². The average Bonchev–Trinajstić information content (AvgIpc) is 2.30. The molecule has 0 aliphatic heterocycles. The molecule has 0 atom stereocenters. The van der Waals surface area contributed by atoms with Gasteiger partial charge in [-0.25, -0.2) is 4.79 Å². The molecule has 0 aromatic heterocycles. The number of methoxy groups -OCH3 is 1. The van der Waals surface area contributed by atoms with Crippen LogP contribution in [-0.2, 0) is 19.0 Å². The van der Waals surface area contributed by atoms with Crippen LogP contribution < -0.4 is 0 Å². The molecular weight excluding hydrogens is 222 g/mol. The van der Waals surface area contributed by atoms with E-state index in [4.69, 9.17) is 19.5 Å². The smallest absolute Gasteiger partial charge is 0.352 e. The monoisotopic (exact) mass is 241 g/mol. The Balaban J connectivity index is 4.56. The van der Waals surface area contributed by atoms with Gasteiger partial charge in [-0.3, -0.25) is 0 Å². The molecular formula is C12H19NO4. The molecule has 0 spiro atoms. The van der Waals surface area contributed by atoms with Gasteiger partial charge in [0.25, 0.3) is 0 Å². The Labute approximate surface area is 102 Å². The quantitative estimate of drug-likeness (QED) is 0.223. The molecule has 0 aromatic rings. The van der Waals surface area contributed by atoms with Crippen LogP contribution in [0, 0.1) is 17.2 Å². The molecule has 0 bridgehead atoms. The van der Waals surface area contributed by atoms with E-state index in [1.54, 1.807) is 0 Å². The van der Waals surface area contributed by atoms with Crippen LogP contribution in [0.1, 0.15) is 20.8 Å². The molecule has 0 saturated heterocycles. The number of hydrogen-bond acceptors (Lipinski definition) is 5. The minimum Gasteiger partial charge on any atom is -0.499 e. The minimum absolute atomic E-state index is 0.0471. The highest BCUT2D eigenvalue weighted by Crippen LogP contribution is 2.16. The van der Waals surface area contributed by atoms with E-state index in [2.05, 4.69) is 0 Å². The number of ether oxygens (including phenoxy) is 3. The van der Waals surface area contributed by atoms with Gasteiger partial charge in [0.2, 0.25) is 0 Å². The van der Waals surface area contributed by atoms with Crippen LogP contribution in [0.25, 0.3) is 0 Å². The third-order valence-electron chi connectivity index (χ3n) is 1.97. The lowest BCUT2D eigenvalue weighted by Gasteiger charge is -2.12. The van der Waals surface area contributed by atoms with Gasteiger partial charge in [0.1, 0.15) is 18.4 Å². The van der Waals surface area contributed by atoms with E-state index >= 15 is 0 Å². The van der Waals surface area contributed by atoms with E-state index in [-0.39, 0.29) is 18.1 Å². The maximum Gasteiger partial charge on any atom is 0.352 e. The van der Waals surface area contributed by atoms with Crippen LogP contribution in [0.5, 0.6) is 0 Å². The Bertz CT molecular complexity index is 315. The second kappa shape index (κ2) is 8.59. The molecule has 0 aliphatic carbocycles. The maximum absolute atomic E-state index is 11.6. The third kappa shape index (κ3) is 5.36. The van der Waals surface area contributed by atoms with E-state index in [9.17, 15) is 4.79 Å². The van der Waals surface area contributed by atoms with Crippen LogP contribution in [0.3, 0.4) is 0 Å². The zero-order chi connectivity index (χ0) is 13.3. The third-order valence-corrected chi connectivity index (χ3v) is 1.97. The highest BCUT2D eigenvalue weighted by molar-refractivity contribution is 5.93. The van der Waals surface area contributed by atoms with E-state index in [0.717, 1.165) is 0 Å². The van der Waals surface area contributed by atoms with Crippen molar-refractivity contribution < 1.29 is 19.0 Å². The fraction of sp³-hybridized carbons (Fsp3) is 0.667. The zero-order valence-corrected chi connectivity index (χ0v) is 10.8. The number of allylic oxidation sites excluding steroid dienone is 1. The van der Waals surface area contributed by atoms with Crippen molar-refractivity contribution in [2.24, 2.45) is 5.92 Å². The Morgan fingerprint density at radius 1 is 1.35 bits per heavy atom. The number of rotatable bonds is 7. The molecule has 0 N–H and O–H groups in total. The number of carbonyl (C=O) groups is 1. The summed E-state index contributed by atoms with van der Waals surface area (Å²) in [5.41, 5.74) is -0.0843. The Morgan fingerprint density at radius 2 is 2.00 bits per heavy atom. The summed E-state index contributed by atoms with van der Waals surface area (Å²) in [7, 11) is 1.43. The fourth-order valence-corrected chi connectivity index (χ4v) is 1.24. The summed E-state index contributed by atoms with van der Waals surface area (Å²) in [4.78, 5) is 11.6. The van der Waals surface area contributed by atoms with E-state index < -0.39 is 5.97 Å². The normalized spacial score (nSPS) is 11.8. The van der Waals surface area contributed by atoms with Crippen molar-refractivity contribution in [2.75, 3.05) is 26.9 Å². The number of esters is 1. The second-order valence-electron chi connectivity index (χ2n) is 3.54. The first kappa shape index (κ1) is 15.5. The molecule has 0 amide bonds. The number of carbonyl (C=O) groups excluding carboxylic acids is 1. The van der Waals surface area contributed by atoms with Crippen LogP contribution in [-0.4, -0.2) is 32.9 Å². The van der Waals surface area contributed by atoms with Gasteiger partial charge in [-0.2, -0.15) is 5.26 Å². The molecule has 0 radical (unpaired) electrons. The van der Waals surface area contributed by atoms with E-state index in [1.807, 2.05) is 26.8 Å². The summed E-state index contributed by atoms with van der Waals surface area (Å²) >= 11 is 0. The molecule has 0 heterocycles. The summed E-state index contributed by atoms with van der Waals surface area (Å²) < 4.78 is 15.0. The largest absolute Gasteiger partial charge is 0.499 e. The standard InChI is InChI=1S/C12H19NO4/c1-5-16-6-7-17-12(14)10(8-13)11(15-4)9(2)3/h9H,5-7H2,1-4H3/b11-10+. The molecule has 5 heteroatoms. The number of hydrogen-bond donors (Lipinski definition) is 0. The Morgan fingerprint density at radius 3 is 2.41 bits per heavy atom. The van der Waals surface area contributed by atoms with Gasteiger partial charge in [0.15, 0.2) is 5.57 Å². The highest BCUT2D eigenvalue weighted by atomic mass is 16.6. The topological polar surface area (TPSA) is 68.5 Å². The number of nitrogens with zero attached hydrogens (tertiary/aromatic N) is 1. The molecule has 0 rings (SSSR count). The van der Waals surface area contributed by atoms with Gasteiger partial charge in [-0.1, -0.05) is 13.8 Å². The molecule has 96 valence electrons. The van der Waals surface area contributed by atoms with Crippen molar-refractivity contribution in [1.29, 1.82) is 5.26 Å². The van der Waals surface area contributed by atoms with Gasteiger partial charge >= 0.3 is 5.97 Å². The van der Waals surface area contributed by atoms with E-state index in [1.165, 1.54) is 7.11 Å². The van der Waals surface area contributed by atoms with Gasteiger partial charge < -0.3 is 14.2 Å². The van der Waals surface area contributed by atoms with Crippen molar-refractivity contribution in [2.45, 2.75) is 20.8 Å². The van der Waals surface area contributed by atoms with Crippen LogP contribution in [0.15, 0.2) is 11.3 Å². The lowest BCUT2D eigenvalue weighted by Crippen LogP contribution is -2.15. The molecule has 0 aliphatic rings. The van der Waals surface area contributed by atoms with Crippen LogP contribution in [0.2, 0.25) is 0 Å². The molecule has 17 heavy (non-hydrogen) atoms. The van der Waals surface area contributed by atoms with Crippen LogP contribution >= 0.6 is 0 Å². The SMILES string of the molecule is CCOCCOC(=O)/C(C#N)=C(/OC)C(C)C. The lowest BCUT2D eigenvalue weighted by atomic mass is 10.1. The summed E-state index contributed by atoms with van der Waals surface area (Å²) in [6.07, 6.45) is 0. The van der Waals surface area contributed by atoms with E-state index in [0.29, 0.717) is 19.0 Å². The number of nitriles is 1. The second-order valence-corrected chi connectivity index (χ2v) is 3.54. The molecule has 0 unspecified atom stereocenters. The summed E-state index contributed by atoms with van der Waals surface area (Å²) in [6, 6.07) is 1.81. The van der Waals surface area contributed by atoms with Gasteiger partial charge in [-0.05, 0) is 6.92 Å². The molecule has 5 nitrogen and oxygen atoms in total. The molecule has 0 saturated carbocycles. The van der Waals surface area contributed by atoms with Crippen molar-refractivity contribution in [1.82, 2.24) is 0 Å². The fourth-order valence-electron chi connectivity index (χ4n) is 1.24. The van der Waals surface area contributed by atoms with Crippen molar-refractivity contribution in [3.63, 3.8) is 0 Å². The van der Waals surface area contributed by atoms with Crippen LogP contribution in [0.4, 0.5) is 0 Å². The summed E-state index contributed by atoms with van der Waals surface area (Å²) in [5, 5.41) is 8.93. The first-order chi connectivity index (χ1) is 8.08. The van der Waals surface area contributed by atoms with Crippen molar-refractivity contribution in [3.8, 4) is 6.07 Å². The highest BCUT2D eigenvalue weighted by Gasteiger charge is 2.19. The predicted molar refractivity (Wildman–Crippen MR) is 61.9 cm³/mol. The average molecular weight is 241 g/mol. The minimum atomic E-state index is -0.669. The molecule has 0 aromatic carbocycles. The van der Waals surface area contributed by atoms with Crippen molar-refractivity contribution >= 4 is 5.97 Å². The van der Waals surface area contributed by atoms with Gasteiger partial charge in [0.05, 0.1) is 13.7 Å². The zero-order valence-electron chi connectivity index (χ0n) is 10.8. The molecule has 0 fully saturated rings. The van der Waals surface area contributed by atoms with Gasteiger partial charge in [0, 0.05) is 12.5 Å². The lowest BCUT2D eigenvalue weighted by molar-refractivity contribution is -0.140. The first-order valence-electron chi connectivity index (χ1n) is 5.51. The summed E-state index contributed by atoms with van der Waals surface area (Å²) in [5.74, 6) is -0.374. The Kier molecular flexibility index (Phi) is 7.82. The summed E-state index contributed by atoms with van der Waals surface area (Å²) in [6.45, 7) is 6.54.